The Labute approximate surface area is 206 Å². The quantitative estimate of drug-likeness (QED) is 0.303. The van der Waals surface area contributed by atoms with Gasteiger partial charge in [0.15, 0.2) is 23.4 Å². The van der Waals surface area contributed by atoms with E-state index >= 15 is 0 Å². The third-order valence-corrected chi connectivity index (χ3v) is 6.35. The minimum atomic E-state index is -0.685. The number of nitrogens with zero attached hydrogens (tertiary/aromatic N) is 1. The lowest BCUT2D eigenvalue weighted by atomic mass is 9.82. The van der Waals surface area contributed by atoms with Crippen LogP contribution in [-0.4, -0.2) is 36.5 Å². The summed E-state index contributed by atoms with van der Waals surface area (Å²) in [6, 6.07) is 14.4. The van der Waals surface area contributed by atoms with E-state index in [1.807, 2.05) is 25.2 Å². The van der Waals surface area contributed by atoms with Gasteiger partial charge in [0, 0.05) is 17.2 Å². The average molecular weight is 477 g/mol. The smallest absolute Gasteiger partial charge is 0.343 e. The van der Waals surface area contributed by atoms with Gasteiger partial charge in [0.1, 0.15) is 17.2 Å². The SMILES string of the molecule is COc1ccc(C(=O)Oc2cc3c(c4c2C(=O)c2ccccc2C4=O)N=C2C=CC(C)=CC2O3)cc1. The van der Waals surface area contributed by atoms with Crippen molar-refractivity contribution in [3.63, 3.8) is 0 Å². The van der Waals surface area contributed by atoms with E-state index in [0.29, 0.717) is 11.5 Å². The van der Waals surface area contributed by atoms with Crippen molar-refractivity contribution in [3.8, 4) is 17.2 Å². The minimum absolute atomic E-state index is 0.00257. The van der Waals surface area contributed by atoms with Gasteiger partial charge in [0.25, 0.3) is 0 Å². The fourth-order valence-electron chi connectivity index (χ4n) is 4.54. The highest BCUT2D eigenvalue weighted by atomic mass is 16.5. The molecule has 0 amide bonds. The second-order valence-corrected chi connectivity index (χ2v) is 8.61. The molecule has 3 aromatic rings. The molecule has 0 bridgehead atoms. The van der Waals surface area contributed by atoms with Crippen molar-refractivity contribution >= 4 is 28.9 Å². The summed E-state index contributed by atoms with van der Waals surface area (Å²) in [5, 5.41) is 0. The number of allylic oxidation sites excluding steroid dienone is 2. The molecule has 3 aromatic carbocycles. The van der Waals surface area contributed by atoms with Crippen molar-refractivity contribution in [2.75, 3.05) is 7.11 Å². The highest BCUT2D eigenvalue weighted by Crippen LogP contribution is 2.47. The van der Waals surface area contributed by atoms with E-state index in [4.69, 9.17) is 19.2 Å². The lowest BCUT2D eigenvalue weighted by Crippen LogP contribution is -2.30. The van der Waals surface area contributed by atoms with E-state index < -0.39 is 17.9 Å². The number of hydrogen-bond donors (Lipinski definition) is 0. The molecule has 1 atom stereocenters. The standard InChI is InChI=1S/C29H19NO6/c1-15-7-12-20-21(13-15)35-23-14-22(36-29(33)16-8-10-17(34-2)11-9-16)24-25(26(23)30-20)28(32)19-6-4-3-5-18(19)27(24)31/h3-14,21H,1-2H3. The summed E-state index contributed by atoms with van der Waals surface area (Å²) in [6.07, 6.45) is 5.19. The highest BCUT2D eigenvalue weighted by Gasteiger charge is 2.39. The van der Waals surface area contributed by atoms with Crippen molar-refractivity contribution in [1.82, 2.24) is 0 Å². The predicted molar refractivity (Wildman–Crippen MR) is 132 cm³/mol. The number of fused-ring (bicyclic) bond motifs is 5. The predicted octanol–water partition coefficient (Wildman–Crippen LogP) is 5.04. The van der Waals surface area contributed by atoms with Crippen LogP contribution in [0.5, 0.6) is 17.2 Å². The Morgan fingerprint density at radius 2 is 1.64 bits per heavy atom. The largest absolute Gasteiger partial charge is 0.497 e. The van der Waals surface area contributed by atoms with Gasteiger partial charge in [-0.05, 0) is 43.3 Å². The Kier molecular flexibility index (Phi) is 4.93. The molecule has 0 saturated carbocycles. The molecule has 2 aliphatic carbocycles. The number of rotatable bonds is 3. The number of methoxy groups -OCH3 is 1. The highest BCUT2D eigenvalue weighted by molar-refractivity contribution is 6.31. The molecule has 7 heteroatoms. The summed E-state index contributed by atoms with van der Waals surface area (Å²) in [5.74, 6) is -0.685. The molecule has 36 heavy (non-hydrogen) atoms. The van der Waals surface area contributed by atoms with Crippen LogP contribution in [0.3, 0.4) is 0 Å². The van der Waals surface area contributed by atoms with Gasteiger partial charge < -0.3 is 14.2 Å². The Bertz CT molecular complexity index is 1580. The summed E-state index contributed by atoms with van der Waals surface area (Å²) in [5.41, 5.74) is 2.73. The first-order chi connectivity index (χ1) is 17.4. The first-order valence-corrected chi connectivity index (χ1v) is 11.3. The number of hydrogen-bond acceptors (Lipinski definition) is 7. The van der Waals surface area contributed by atoms with Crippen LogP contribution in [0.25, 0.3) is 0 Å². The van der Waals surface area contributed by atoms with Gasteiger partial charge in [0.05, 0.1) is 29.5 Å². The van der Waals surface area contributed by atoms with Crippen molar-refractivity contribution in [2.24, 2.45) is 4.99 Å². The monoisotopic (exact) mass is 477 g/mol. The number of carbonyl (C=O) groups excluding carboxylic acids is 3. The fraction of sp³-hybridized carbons (Fsp3) is 0.103. The van der Waals surface area contributed by atoms with Crippen molar-refractivity contribution in [3.05, 3.63) is 106 Å². The zero-order chi connectivity index (χ0) is 25.0. The number of ether oxygens (including phenoxy) is 3. The molecule has 1 heterocycles. The van der Waals surface area contributed by atoms with Gasteiger partial charge in [-0.15, -0.1) is 0 Å². The molecule has 7 nitrogen and oxygen atoms in total. The lowest BCUT2D eigenvalue weighted by molar-refractivity contribution is 0.0731. The zero-order valence-electron chi connectivity index (χ0n) is 19.4. The lowest BCUT2D eigenvalue weighted by Gasteiger charge is -2.29. The van der Waals surface area contributed by atoms with Crippen LogP contribution in [0, 0.1) is 0 Å². The summed E-state index contributed by atoms with van der Waals surface area (Å²) in [4.78, 5) is 45.0. The Morgan fingerprint density at radius 1 is 0.944 bits per heavy atom. The van der Waals surface area contributed by atoms with Crippen LogP contribution in [0.15, 0.2) is 83.4 Å². The van der Waals surface area contributed by atoms with Crippen LogP contribution >= 0.6 is 0 Å². The van der Waals surface area contributed by atoms with Crippen LogP contribution < -0.4 is 14.2 Å². The number of aliphatic imine (C=N–C) groups is 1. The summed E-state index contributed by atoms with van der Waals surface area (Å²) in [7, 11) is 1.53. The molecule has 0 spiro atoms. The topological polar surface area (TPSA) is 91.3 Å². The molecule has 0 N–H and O–H groups in total. The van der Waals surface area contributed by atoms with Gasteiger partial charge in [0.2, 0.25) is 0 Å². The van der Waals surface area contributed by atoms with Crippen molar-refractivity contribution in [2.45, 2.75) is 13.0 Å². The summed E-state index contributed by atoms with van der Waals surface area (Å²) in [6.45, 7) is 1.94. The second kappa shape index (κ2) is 8.16. The van der Waals surface area contributed by atoms with Crippen molar-refractivity contribution in [1.29, 1.82) is 0 Å². The molecule has 0 aromatic heterocycles. The van der Waals surface area contributed by atoms with Crippen LogP contribution in [0.1, 0.15) is 49.1 Å². The van der Waals surface area contributed by atoms with Crippen molar-refractivity contribution < 1.29 is 28.6 Å². The number of esters is 1. The zero-order valence-corrected chi connectivity index (χ0v) is 19.4. The maximum Gasteiger partial charge on any atom is 0.343 e. The van der Waals surface area contributed by atoms with E-state index in [1.54, 1.807) is 48.5 Å². The minimum Gasteiger partial charge on any atom is -0.497 e. The van der Waals surface area contributed by atoms with Crippen LogP contribution in [0.4, 0.5) is 5.69 Å². The first kappa shape index (κ1) is 21.7. The molecule has 0 saturated heterocycles. The van der Waals surface area contributed by atoms with Gasteiger partial charge in [-0.3, -0.25) is 9.59 Å². The van der Waals surface area contributed by atoms with Gasteiger partial charge in [-0.2, -0.15) is 0 Å². The Morgan fingerprint density at radius 3 is 2.33 bits per heavy atom. The van der Waals surface area contributed by atoms with Crippen LogP contribution in [0.2, 0.25) is 0 Å². The molecular weight excluding hydrogens is 458 g/mol. The average Bonchev–Trinajstić information content (AvgIpc) is 2.90. The van der Waals surface area contributed by atoms with Crippen LogP contribution in [-0.2, 0) is 0 Å². The molecule has 0 radical (unpaired) electrons. The molecule has 1 aliphatic heterocycles. The van der Waals surface area contributed by atoms with E-state index in [1.165, 1.54) is 13.2 Å². The number of carbonyl (C=O) groups is 3. The number of benzene rings is 3. The maximum atomic E-state index is 13.7. The molecular formula is C29H19NO6. The van der Waals surface area contributed by atoms with Gasteiger partial charge in [-0.25, -0.2) is 9.79 Å². The normalized spacial score (nSPS) is 17.0. The van der Waals surface area contributed by atoms with E-state index in [0.717, 1.165) is 5.57 Å². The summed E-state index contributed by atoms with van der Waals surface area (Å²) >= 11 is 0. The number of ketones is 2. The Hall–Kier alpha value is -4.78. The Balaban J connectivity index is 1.52. The molecule has 176 valence electrons. The second-order valence-electron chi connectivity index (χ2n) is 8.61. The van der Waals surface area contributed by atoms with Gasteiger partial charge in [-0.1, -0.05) is 35.9 Å². The van der Waals surface area contributed by atoms with E-state index in [2.05, 4.69) is 0 Å². The third kappa shape index (κ3) is 3.36. The van der Waals surface area contributed by atoms with E-state index in [9.17, 15) is 14.4 Å². The first-order valence-electron chi connectivity index (χ1n) is 11.3. The third-order valence-electron chi connectivity index (χ3n) is 6.35. The van der Waals surface area contributed by atoms with E-state index in [-0.39, 0.29) is 50.8 Å². The molecule has 6 rings (SSSR count). The molecule has 1 unspecified atom stereocenters. The summed E-state index contributed by atoms with van der Waals surface area (Å²) < 4.78 is 17.0. The van der Waals surface area contributed by atoms with Gasteiger partial charge >= 0.3 is 5.97 Å². The fourth-order valence-corrected chi connectivity index (χ4v) is 4.54. The molecule has 0 fully saturated rings. The molecule has 3 aliphatic rings. The maximum absolute atomic E-state index is 13.7.